The minimum atomic E-state index is -0.616. The summed E-state index contributed by atoms with van der Waals surface area (Å²) in [6.45, 7) is 4.67. The summed E-state index contributed by atoms with van der Waals surface area (Å²) in [5, 5.41) is 16.2. The quantitative estimate of drug-likeness (QED) is 0.667. The summed E-state index contributed by atoms with van der Waals surface area (Å²) in [5.74, 6) is 1.14. The van der Waals surface area contributed by atoms with Gasteiger partial charge in [-0.25, -0.2) is 0 Å². The smallest absolute Gasteiger partial charge is 0.245 e. The molecule has 16 heavy (non-hydrogen) atoms. The molecule has 0 bridgehead atoms. The topological polar surface area (TPSA) is 91.1 Å². The Morgan fingerprint density at radius 1 is 1.62 bits per heavy atom. The summed E-state index contributed by atoms with van der Waals surface area (Å²) in [6.07, 6.45) is 1.49. The normalized spacial score (nSPS) is 28.1. The molecule has 0 aromatic carbocycles. The van der Waals surface area contributed by atoms with Crippen LogP contribution in [0.3, 0.4) is 0 Å². The van der Waals surface area contributed by atoms with Crippen molar-refractivity contribution in [1.29, 1.82) is 0 Å². The minimum absolute atomic E-state index is 0.169. The molecule has 6 nitrogen and oxygen atoms in total. The van der Waals surface area contributed by atoms with Gasteiger partial charge in [-0.2, -0.15) is 4.98 Å². The van der Waals surface area contributed by atoms with Crippen LogP contribution in [0, 0.1) is 0 Å². The summed E-state index contributed by atoms with van der Waals surface area (Å²) in [6, 6.07) is 0.411. The number of hydrogen-bond donors (Lipinski definition) is 3. The first-order valence-corrected chi connectivity index (χ1v) is 5.72. The first kappa shape index (κ1) is 11.3. The van der Waals surface area contributed by atoms with Crippen LogP contribution in [-0.2, 0) is 0 Å². The van der Waals surface area contributed by atoms with E-state index >= 15 is 0 Å². The van der Waals surface area contributed by atoms with E-state index in [1.165, 1.54) is 0 Å². The van der Waals surface area contributed by atoms with Crippen LogP contribution in [0.1, 0.15) is 38.6 Å². The van der Waals surface area contributed by atoms with Gasteiger partial charge in [0.15, 0.2) is 5.82 Å². The third kappa shape index (κ3) is 2.03. The maximum atomic E-state index is 9.38. The Hall–Kier alpha value is -1.14. The number of aromatic nitrogens is 3. The highest BCUT2D eigenvalue weighted by Crippen LogP contribution is 2.21. The molecule has 1 aromatic rings. The molecule has 2 rings (SSSR count). The minimum Gasteiger partial charge on any atom is -0.385 e. The highest BCUT2D eigenvalue weighted by atomic mass is 16.3. The van der Waals surface area contributed by atoms with Crippen LogP contribution < -0.4 is 10.6 Å². The molecular formula is C10H19N5O. The Morgan fingerprint density at radius 2 is 2.38 bits per heavy atom. The summed E-state index contributed by atoms with van der Waals surface area (Å²) in [4.78, 5) is 6.37. The Bertz CT molecular complexity index is 351. The van der Waals surface area contributed by atoms with Gasteiger partial charge >= 0.3 is 0 Å². The van der Waals surface area contributed by atoms with Gasteiger partial charge in [0.2, 0.25) is 5.95 Å². The molecule has 0 spiro atoms. The number of H-pyrrole nitrogens is 1. The number of aromatic amines is 1. The van der Waals surface area contributed by atoms with Crippen molar-refractivity contribution >= 4 is 5.95 Å². The van der Waals surface area contributed by atoms with Crippen molar-refractivity contribution in [3.63, 3.8) is 0 Å². The van der Waals surface area contributed by atoms with E-state index < -0.39 is 6.10 Å². The van der Waals surface area contributed by atoms with Crippen LogP contribution in [-0.4, -0.2) is 38.9 Å². The molecule has 1 aromatic heterocycles. The van der Waals surface area contributed by atoms with Crippen molar-refractivity contribution in [2.75, 3.05) is 11.4 Å². The van der Waals surface area contributed by atoms with Gasteiger partial charge in [-0.05, 0) is 26.7 Å². The number of hydrogen-bond acceptors (Lipinski definition) is 5. The van der Waals surface area contributed by atoms with Gasteiger partial charge in [0.05, 0.1) is 0 Å². The second-order valence-corrected chi connectivity index (χ2v) is 4.44. The fourth-order valence-corrected chi connectivity index (χ4v) is 2.04. The lowest BCUT2D eigenvalue weighted by molar-refractivity contribution is 0.189. The molecule has 0 amide bonds. The van der Waals surface area contributed by atoms with Crippen molar-refractivity contribution in [2.24, 2.45) is 5.73 Å². The number of rotatable bonds is 2. The van der Waals surface area contributed by atoms with E-state index in [0.717, 1.165) is 19.4 Å². The third-order valence-electron chi connectivity index (χ3n) is 3.19. The van der Waals surface area contributed by atoms with Gasteiger partial charge < -0.3 is 15.7 Å². The van der Waals surface area contributed by atoms with Gasteiger partial charge in [-0.3, -0.25) is 5.10 Å². The molecule has 3 atom stereocenters. The van der Waals surface area contributed by atoms with E-state index in [1.807, 2.05) is 0 Å². The first-order chi connectivity index (χ1) is 7.59. The number of nitrogens with two attached hydrogens (primary N) is 1. The second-order valence-electron chi connectivity index (χ2n) is 4.44. The average molecular weight is 225 g/mol. The Labute approximate surface area is 94.9 Å². The van der Waals surface area contributed by atoms with Crippen molar-refractivity contribution in [3.05, 3.63) is 5.82 Å². The van der Waals surface area contributed by atoms with Crippen LogP contribution in [0.5, 0.6) is 0 Å². The highest BCUT2D eigenvalue weighted by Gasteiger charge is 2.27. The molecule has 4 N–H and O–H groups in total. The molecule has 1 saturated heterocycles. The summed E-state index contributed by atoms with van der Waals surface area (Å²) < 4.78 is 0. The molecule has 1 aliphatic rings. The maximum Gasteiger partial charge on any atom is 0.245 e. The van der Waals surface area contributed by atoms with Crippen molar-refractivity contribution in [1.82, 2.24) is 15.2 Å². The van der Waals surface area contributed by atoms with E-state index in [1.54, 1.807) is 6.92 Å². The number of nitrogens with zero attached hydrogens (tertiary/aromatic N) is 3. The van der Waals surface area contributed by atoms with Gasteiger partial charge in [0.25, 0.3) is 0 Å². The highest BCUT2D eigenvalue weighted by molar-refractivity contribution is 5.32. The molecule has 2 unspecified atom stereocenters. The molecule has 1 fully saturated rings. The molecule has 1 aliphatic heterocycles. The maximum absolute atomic E-state index is 9.38. The lowest BCUT2D eigenvalue weighted by atomic mass is 9.99. The molecule has 2 heterocycles. The lowest BCUT2D eigenvalue weighted by Gasteiger charge is -2.36. The van der Waals surface area contributed by atoms with Gasteiger partial charge in [-0.15, -0.1) is 5.10 Å². The Kier molecular flexibility index (Phi) is 3.11. The summed E-state index contributed by atoms with van der Waals surface area (Å²) in [7, 11) is 0. The van der Waals surface area contributed by atoms with E-state index in [0.29, 0.717) is 11.8 Å². The van der Waals surface area contributed by atoms with E-state index in [4.69, 9.17) is 5.73 Å². The standard InChI is InChI=1S/C10H19N5O/c1-6-8(11)4-3-5-15(6)10-12-9(7(2)16)13-14-10/h6-8,16H,3-5,11H2,1-2H3,(H,12,13,14)/t6?,7-,8?/m0/s1. The molecular weight excluding hydrogens is 206 g/mol. The van der Waals surface area contributed by atoms with Crippen molar-refractivity contribution in [2.45, 2.75) is 44.9 Å². The van der Waals surface area contributed by atoms with Crippen LogP contribution >= 0.6 is 0 Å². The molecule has 0 aliphatic carbocycles. The predicted molar refractivity (Wildman–Crippen MR) is 61.0 cm³/mol. The van der Waals surface area contributed by atoms with Gasteiger partial charge in [0, 0.05) is 18.6 Å². The van der Waals surface area contributed by atoms with E-state index in [9.17, 15) is 5.11 Å². The summed E-state index contributed by atoms with van der Waals surface area (Å²) >= 11 is 0. The number of piperidine rings is 1. The number of anilines is 1. The molecule has 6 heteroatoms. The largest absolute Gasteiger partial charge is 0.385 e. The van der Waals surface area contributed by atoms with Crippen LogP contribution in [0.25, 0.3) is 0 Å². The number of aliphatic hydroxyl groups excluding tert-OH is 1. The third-order valence-corrected chi connectivity index (χ3v) is 3.19. The lowest BCUT2D eigenvalue weighted by Crippen LogP contribution is -2.51. The Morgan fingerprint density at radius 3 is 3.00 bits per heavy atom. The summed E-state index contributed by atoms with van der Waals surface area (Å²) in [5.41, 5.74) is 6.02. The Balaban J connectivity index is 2.16. The number of aliphatic hydroxyl groups is 1. The zero-order valence-corrected chi connectivity index (χ0v) is 9.72. The zero-order valence-electron chi connectivity index (χ0n) is 9.72. The van der Waals surface area contributed by atoms with Gasteiger partial charge in [0.1, 0.15) is 6.10 Å². The van der Waals surface area contributed by atoms with Crippen molar-refractivity contribution in [3.8, 4) is 0 Å². The van der Waals surface area contributed by atoms with Crippen LogP contribution in [0.15, 0.2) is 0 Å². The SMILES string of the molecule is CC1C(N)CCCN1c1n[nH]c([C@H](C)O)n1. The van der Waals surface area contributed by atoms with Crippen LogP contribution in [0.4, 0.5) is 5.95 Å². The molecule has 0 radical (unpaired) electrons. The fraction of sp³-hybridized carbons (Fsp3) is 0.800. The second kappa shape index (κ2) is 4.39. The zero-order chi connectivity index (χ0) is 11.7. The first-order valence-electron chi connectivity index (χ1n) is 5.72. The average Bonchev–Trinajstić information content (AvgIpc) is 2.71. The van der Waals surface area contributed by atoms with E-state index in [-0.39, 0.29) is 12.1 Å². The van der Waals surface area contributed by atoms with E-state index in [2.05, 4.69) is 27.0 Å². The fourth-order valence-electron chi connectivity index (χ4n) is 2.04. The molecule has 0 saturated carbocycles. The number of nitrogens with one attached hydrogen (secondary N) is 1. The molecule has 90 valence electrons. The predicted octanol–water partition coefficient (Wildman–Crippen LogP) is 0.174. The van der Waals surface area contributed by atoms with Crippen molar-refractivity contribution < 1.29 is 5.11 Å². The van der Waals surface area contributed by atoms with Gasteiger partial charge in [-0.1, -0.05) is 0 Å². The van der Waals surface area contributed by atoms with Crippen LogP contribution in [0.2, 0.25) is 0 Å². The monoisotopic (exact) mass is 225 g/mol.